The molecule has 104 valence electrons. The number of fused-ring (bicyclic) bond motifs is 1. The molecule has 1 aromatic rings. The topological polar surface area (TPSA) is 30.5 Å². The minimum Gasteiger partial charge on any atom is -0.313 e. The molecule has 1 fully saturated rings. The molecular formula is C15H24N4. The predicted molar refractivity (Wildman–Crippen MR) is 77.7 cm³/mol. The number of piperazine rings is 1. The lowest BCUT2D eigenvalue weighted by atomic mass is 10.00. The summed E-state index contributed by atoms with van der Waals surface area (Å²) in [5.74, 6) is 0. The molecule has 0 amide bonds. The average Bonchev–Trinajstić information content (AvgIpc) is 2.64. The highest BCUT2D eigenvalue weighted by Gasteiger charge is 2.21. The quantitative estimate of drug-likeness (QED) is 0.830. The molecule has 0 spiro atoms. The van der Waals surface area contributed by atoms with E-state index in [0.717, 1.165) is 45.7 Å². The number of nitrogens with one attached hydrogen (secondary N) is 2. The highest BCUT2D eigenvalue weighted by Crippen LogP contribution is 2.23. The van der Waals surface area contributed by atoms with E-state index >= 15 is 0 Å². The first-order valence-electron chi connectivity index (χ1n) is 7.31. The summed E-state index contributed by atoms with van der Waals surface area (Å²) < 4.78 is 0. The molecule has 0 radical (unpaired) electrons. The molecule has 1 atom stereocenters. The van der Waals surface area contributed by atoms with Crippen molar-refractivity contribution >= 4 is 0 Å². The predicted octanol–water partition coefficient (Wildman–Crippen LogP) is 0.973. The second-order valence-electron chi connectivity index (χ2n) is 5.64. The van der Waals surface area contributed by atoms with Crippen molar-refractivity contribution in [3.05, 3.63) is 35.4 Å². The maximum absolute atomic E-state index is 3.74. The summed E-state index contributed by atoms with van der Waals surface area (Å²) in [6, 6.07) is 9.26. The van der Waals surface area contributed by atoms with E-state index in [1.807, 2.05) is 0 Å². The van der Waals surface area contributed by atoms with Gasteiger partial charge in [-0.15, -0.1) is 0 Å². The summed E-state index contributed by atoms with van der Waals surface area (Å²) in [6.07, 6.45) is 1.16. The summed E-state index contributed by atoms with van der Waals surface area (Å²) in [6.45, 7) is 6.61. The van der Waals surface area contributed by atoms with Crippen molar-refractivity contribution < 1.29 is 0 Å². The molecule has 2 aliphatic rings. The molecule has 2 aliphatic heterocycles. The van der Waals surface area contributed by atoms with E-state index in [-0.39, 0.29) is 0 Å². The van der Waals surface area contributed by atoms with E-state index in [1.54, 1.807) is 0 Å². The van der Waals surface area contributed by atoms with Gasteiger partial charge in [0.25, 0.3) is 0 Å². The van der Waals surface area contributed by atoms with Gasteiger partial charge in [0, 0.05) is 38.8 Å². The molecule has 0 aliphatic carbocycles. The molecule has 0 saturated carbocycles. The molecule has 19 heavy (non-hydrogen) atoms. The van der Waals surface area contributed by atoms with Gasteiger partial charge in [-0.25, -0.2) is 10.4 Å². The normalized spacial score (nSPS) is 25.8. The van der Waals surface area contributed by atoms with Crippen molar-refractivity contribution in [2.24, 2.45) is 0 Å². The molecular weight excluding hydrogens is 236 g/mol. The minimum absolute atomic E-state index is 0.453. The van der Waals surface area contributed by atoms with Crippen LogP contribution in [0, 0.1) is 0 Å². The van der Waals surface area contributed by atoms with Crippen molar-refractivity contribution in [1.82, 2.24) is 20.7 Å². The van der Waals surface area contributed by atoms with Crippen LogP contribution in [-0.4, -0.2) is 49.7 Å². The Morgan fingerprint density at radius 2 is 1.95 bits per heavy atom. The maximum atomic E-state index is 3.74. The number of rotatable bonds is 2. The summed E-state index contributed by atoms with van der Waals surface area (Å²) in [7, 11) is 2.20. The smallest absolute Gasteiger partial charge is 0.0480 e. The molecule has 4 heteroatoms. The zero-order valence-corrected chi connectivity index (χ0v) is 11.7. The number of hydrogen-bond donors (Lipinski definition) is 2. The number of nitrogens with zero attached hydrogens (tertiary/aromatic N) is 2. The highest BCUT2D eigenvalue weighted by atomic mass is 15.5. The van der Waals surface area contributed by atoms with Crippen LogP contribution >= 0.6 is 0 Å². The van der Waals surface area contributed by atoms with Gasteiger partial charge in [-0.3, -0.25) is 0 Å². The van der Waals surface area contributed by atoms with Crippen molar-refractivity contribution in [2.45, 2.75) is 19.0 Å². The molecule has 1 aromatic carbocycles. The molecule has 2 N–H and O–H groups in total. The van der Waals surface area contributed by atoms with E-state index in [0.29, 0.717) is 6.04 Å². The van der Waals surface area contributed by atoms with E-state index in [9.17, 15) is 0 Å². The molecule has 3 rings (SSSR count). The Morgan fingerprint density at radius 1 is 1.16 bits per heavy atom. The first-order chi connectivity index (χ1) is 9.33. The summed E-state index contributed by atoms with van der Waals surface area (Å²) in [5.41, 5.74) is 6.64. The standard InChI is InChI=1S/C15H24N4/c1-18-8-10-19(11-9-18)17-15-6-7-16-12-13-4-2-3-5-14(13)15/h2-5,15-17H,6-12H2,1H3. The van der Waals surface area contributed by atoms with Gasteiger partial charge in [0.15, 0.2) is 0 Å². The van der Waals surface area contributed by atoms with Crippen LogP contribution in [-0.2, 0) is 6.54 Å². The number of hydrogen-bond acceptors (Lipinski definition) is 4. The van der Waals surface area contributed by atoms with E-state index in [4.69, 9.17) is 0 Å². The van der Waals surface area contributed by atoms with E-state index in [1.165, 1.54) is 11.1 Å². The molecule has 2 heterocycles. The summed E-state index contributed by atoms with van der Waals surface area (Å²) in [4.78, 5) is 2.39. The van der Waals surface area contributed by atoms with Gasteiger partial charge in [0.05, 0.1) is 0 Å². The van der Waals surface area contributed by atoms with Crippen LogP contribution in [0.1, 0.15) is 23.6 Å². The largest absolute Gasteiger partial charge is 0.313 e. The average molecular weight is 260 g/mol. The molecule has 1 saturated heterocycles. The SMILES string of the molecule is CN1CCN(NC2CCNCc3ccccc32)CC1. The highest BCUT2D eigenvalue weighted by molar-refractivity contribution is 5.30. The van der Waals surface area contributed by atoms with Gasteiger partial charge in [0.2, 0.25) is 0 Å². The fourth-order valence-corrected chi connectivity index (χ4v) is 2.95. The fourth-order valence-electron chi connectivity index (χ4n) is 2.95. The van der Waals surface area contributed by atoms with Crippen LogP contribution < -0.4 is 10.7 Å². The zero-order chi connectivity index (χ0) is 13.1. The minimum atomic E-state index is 0.453. The second-order valence-corrected chi connectivity index (χ2v) is 5.64. The van der Waals surface area contributed by atoms with Crippen molar-refractivity contribution in [2.75, 3.05) is 39.8 Å². The Bertz CT molecular complexity index is 412. The van der Waals surface area contributed by atoms with Gasteiger partial charge >= 0.3 is 0 Å². The van der Waals surface area contributed by atoms with Crippen LogP contribution in [0.5, 0.6) is 0 Å². The van der Waals surface area contributed by atoms with Crippen molar-refractivity contribution in [3.8, 4) is 0 Å². The van der Waals surface area contributed by atoms with Crippen LogP contribution in [0.25, 0.3) is 0 Å². The maximum Gasteiger partial charge on any atom is 0.0480 e. The molecule has 0 bridgehead atoms. The van der Waals surface area contributed by atoms with E-state index < -0.39 is 0 Å². The van der Waals surface area contributed by atoms with E-state index in [2.05, 4.69) is 52.0 Å². The number of benzene rings is 1. The van der Waals surface area contributed by atoms with Crippen LogP contribution in [0.3, 0.4) is 0 Å². The number of hydrazine groups is 1. The Morgan fingerprint density at radius 3 is 2.79 bits per heavy atom. The van der Waals surface area contributed by atoms with Gasteiger partial charge in [0.1, 0.15) is 0 Å². The zero-order valence-electron chi connectivity index (χ0n) is 11.7. The monoisotopic (exact) mass is 260 g/mol. The lowest BCUT2D eigenvalue weighted by Crippen LogP contribution is -2.51. The third kappa shape index (κ3) is 3.15. The Labute approximate surface area is 115 Å². The third-order valence-electron chi connectivity index (χ3n) is 4.20. The Kier molecular flexibility index (Phi) is 4.13. The first-order valence-corrected chi connectivity index (χ1v) is 7.31. The Hall–Kier alpha value is -0.940. The van der Waals surface area contributed by atoms with Crippen LogP contribution in [0.2, 0.25) is 0 Å². The first kappa shape index (κ1) is 13.1. The van der Waals surface area contributed by atoms with Crippen LogP contribution in [0.4, 0.5) is 0 Å². The molecule has 4 nitrogen and oxygen atoms in total. The van der Waals surface area contributed by atoms with Gasteiger partial charge in [-0.05, 0) is 31.1 Å². The summed E-state index contributed by atoms with van der Waals surface area (Å²) >= 11 is 0. The van der Waals surface area contributed by atoms with Gasteiger partial charge in [-0.1, -0.05) is 24.3 Å². The lowest BCUT2D eigenvalue weighted by Gasteiger charge is -2.35. The van der Waals surface area contributed by atoms with Crippen molar-refractivity contribution in [1.29, 1.82) is 0 Å². The molecule has 0 aromatic heterocycles. The third-order valence-corrected chi connectivity index (χ3v) is 4.20. The van der Waals surface area contributed by atoms with Gasteiger partial charge < -0.3 is 10.2 Å². The van der Waals surface area contributed by atoms with Crippen molar-refractivity contribution in [3.63, 3.8) is 0 Å². The van der Waals surface area contributed by atoms with Crippen LogP contribution in [0.15, 0.2) is 24.3 Å². The second kappa shape index (κ2) is 6.01. The number of likely N-dealkylation sites (N-methyl/N-ethyl adjacent to an activating group) is 1. The summed E-state index contributed by atoms with van der Waals surface area (Å²) in [5, 5.41) is 5.91. The fraction of sp³-hybridized carbons (Fsp3) is 0.600. The van der Waals surface area contributed by atoms with Gasteiger partial charge in [-0.2, -0.15) is 0 Å². The molecule has 1 unspecified atom stereocenters. The Balaban J connectivity index is 1.70. The lowest BCUT2D eigenvalue weighted by molar-refractivity contribution is 0.0851.